The summed E-state index contributed by atoms with van der Waals surface area (Å²) in [4.78, 5) is 0. The number of phenols is 1. The van der Waals surface area contributed by atoms with E-state index in [0.29, 0.717) is 0 Å². The number of ether oxygens (including phenoxy) is 1. The van der Waals surface area contributed by atoms with Crippen LogP contribution in [0.4, 0.5) is 0 Å². The molecule has 0 bridgehead atoms. The minimum atomic E-state index is -0.00644. The highest BCUT2D eigenvalue weighted by molar-refractivity contribution is 5.46. The second-order valence-electron chi connectivity index (χ2n) is 7.81. The molecule has 1 N–H and O–H groups in total. The topological polar surface area (TPSA) is 29.5 Å². The molecule has 0 spiro atoms. The molecule has 0 aromatic heterocycles. The van der Waals surface area contributed by atoms with Crippen molar-refractivity contribution < 1.29 is 9.84 Å². The molecule has 0 aliphatic heterocycles. The van der Waals surface area contributed by atoms with E-state index in [9.17, 15) is 5.11 Å². The summed E-state index contributed by atoms with van der Waals surface area (Å²) in [5.74, 6) is 1.84. The quantitative estimate of drug-likeness (QED) is 0.761. The van der Waals surface area contributed by atoms with Crippen LogP contribution in [0.2, 0.25) is 0 Å². The first-order valence-corrected chi connectivity index (χ1v) is 7.69. The molecule has 2 aromatic carbocycles. The summed E-state index contributed by atoms with van der Waals surface area (Å²) in [6, 6.07) is 13.2. The Morgan fingerprint density at radius 2 is 1.36 bits per heavy atom. The number of rotatable bonds is 2. The zero-order chi connectivity index (χ0) is 16.5. The standard InChI is InChI=1S/C20H26O2/c1-19(2,3)14-7-12-18(17(13-14)20(4,5)6)22-16-10-8-15(21)9-11-16/h7-13,21H,1-6H3. The molecule has 2 nitrogen and oxygen atoms in total. The van der Waals surface area contributed by atoms with Crippen LogP contribution < -0.4 is 4.74 Å². The van der Waals surface area contributed by atoms with E-state index in [2.05, 4.69) is 53.7 Å². The highest BCUT2D eigenvalue weighted by atomic mass is 16.5. The van der Waals surface area contributed by atoms with E-state index in [1.54, 1.807) is 24.3 Å². The molecule has 22 heavy (non-hydrogen) atoms. The zero-order valence-corrected chi connectivity index (χ0v) is 14.4. The molecule has 0 saturated heterocycles. The number of benzene rings is 2. The Hall–Kier alpha value is -1.96. The minimum Gasteiger partial charge on any atom is -0.508 e. The Morgan fingerprint density at radius 1 is 0.773 bits per heavy atom. The molecule has 0 atom stereocenters. The largest absolute Gasteiger partial charge is 0.508 e. The molecule has 2 aromatic rings. The number of hydrogen-bond acceptors (Lipinski definition) is 2. The lowest BCUT2D eigenvalue weighted by molar-refractivity contribution is 0.447. The van der Waals surface area contributed by atoms with Crippen LogP contribution in [0.15, 0.2) is 42.5 Å². The highest BCUT2D eigenvalue weighted by Gasteiger charge is 2.23. The maximum absolute atomic E-state index is 9.38. The first-order chi connectivity index (χ1) is 10.1. The van der Waals surface area contributed by atoms with Crippen LogP contribution in [0.25, 0.3) is 0 Å². The van der Waals surface area contributed by atoms with Gasteiger partial charge in [-0.1, -0.05) is 53.7 Å². The summed E-state index contributed by atoms with van der Waals surface area (Å²) < 4.78 is 6.05. The van der Waals surface area contributed by atoms with Crippen molar-refractivity contribution >= 4 is 0 Å². The Bertz CT molecular complexity index is 641. The van der Waals surface area contributed by atoms with E-state index in [1.165, 1.54) is 11.1 Å². The lowest BCUT2D eigenvalue weighted by atomic mass is 9.80. The van der Waals surface area contributed by atoms with Gasteiger partial charge in [0.1, 0.15) is 17.2 Å². The average Bonchev–Trinajstić information content (AvgIpc) is 2.39. The number of hydrogen-bond donors (Lipinski definition) is 1. The van der Waals surface area contributed by atoms with Crippen LogP contribution in [-0.2, 0) is 10.8 Å². The van der Waals surface area contributed by atoms with Crippen molar-refractivity contribution in [1.29, 1.82) is 0 Å². The van der Waals surface area contributed by atoms with Crippen LogP contribution in [0.1, 0.15) is 52.7 Å². The normalized spacial score (nSPS) is 12.3. The van der Waals surface area contributed by atoms with Gasteiger partial charge in [-0.2, -0.15) is 0 Å². The predicted octanol–water partition coefficient (Wildman–Crippen LogP) is 5.78. The maximum atomic E-state index is 9.38. The van der Waals surface area contributed by atoms with Crippen molar-refractivity contribution in [2.75, 3.05) is 0 Å². The first-order valence-electron chi connectivity index (χ1n) is 7.69. The summed E-state index contributed by atoms with van der Waals surface area (Å²) in [5, 5.41) is 9.38. The van der Waals surface area contributed by atoms with Gasteiger partial charge >= 0.3 is 0 Å². The fraction of sp³-hybridized carbons (Fsp3) is 0.400. The van der Waals surface area contributed by atoms with E-state index in [0.717, 1.165) is 11.5 Å². The van der Waals surface area contributed by atoms with Crippen molar-refractivity contribution in [2.24, 2.45) is 0 Å². The van der Waals surface area contributed by atoms with Crippen LogP contribution in [-0.4, -0.2) is 5.11 Å². The summed E-state index contributed by atoms with van der Waals surface area (Å²) in [6.45, 7) is 13.2. The van der Waals surface area contributed by atoms with Crippen molar-refractivity contribution in [3.05, 3.63) is 53.6 Å². The Kier molecular flexibility index (Phi) is 4.23. The number of phenolic OH excluding ortho intramolecular Hbond substituents is 1. The summed E-state index contributed by atoms with van der Waals surface area (Å²) >= 11 is 0. The van der Waals surface area contributed by atoms with Crippen LogP contribution in [0.3, 0.4) is 0 Å². The Labute approximate surface area is 133 Å². The molecule has 2 rings (SSSR count). The molecular formula is C20H26O2. The van der Waals surface area contributed by atoms with Gasteiger partial charge in [-0.3, -0.25) is 0 Å². The van der Waals surface area contributed by atoms with Crippen molar-refractivity contribution in [1.82, 2.24) is 0 Å². The molecule has 0 aliphatic carbocycles. The Balaban J connectivity index is 2.44. The molecule has 0 amide bonds. The SMILES string of the molecule is CC(C)(C)c1ccc(Oc2ccc(O)cc2)c(C(C)(C)C)c1. The van der Waals surface area contributed by atoms with Gasteiger partial charge in [0.2, 0.25) is 0 Å². The van der Waals surface area contributed by atoms with E-state index in [-0.39, 0.29) is 16.6 Å². The van der Waals surface area contributed by atoms with Gasteiger partial charge in [0.05, 0.1) is 0 Å². The molecule has 0 aliphatic rings. The van der Waals surface area contributed by atoms with E-state index in [1.807, 2.05) is 6.07 Å². The summed E-state index contributed by atoms with van der Waals surface area (Å²) in [6.07, 6.45) is 0. The third-order valence-corrected chi connectivity index (χ3v) is 3.72. The summed E-state index contributed by atoms with van der Waals surface area (Å²) in [5.41, 5.74) is 2.59. The van der Waals surface area contributed by atoms with Gasteiger partial charge in [-0.25, -0.2) is 0 Å². The van der Waals surface area contributed by atoms with Gasteiger partial charge in [0.15, 0.2) is 0 Å². The molecule has 118 valence electrons. The third-order valence-electron chi connectivity index (χ3n) is 3.72. The van der Waals surface area contributed by atoms with Crippen LogP contribution in [0.5, 0.6) is 17.2 Å². The van der Waals surface area contributed by atoms with E-state index in [4.69, 9.17) is 4.74 Å². The molecule has 0 fully saturated rings. The van der Waals surface area contributed by atoms with Gasteiger partial charge < -0.3 is 9.84 Å². The van der Waals surface area contributed by atoms with Crippen molar-refractivity contribution in [3.63, 3.8) is 0 Å². The zero-order valence-electron chi connectivity index (χ0n) is 14.4. The number of aromatic hydroxyl groups is 1. The van der Waals surface area contributed by atoms with E-state index < -0.39 is 0 Å². The lowest BCUT2D eigenvalue weighted by Gasteiger charge is -2.27. The molecule has 2 heteroatoms. The lowest BCUT2D eigenvalue weighted by Crippen LogP contribution is -2.17. The molecule has 0 heterocycles. The van der Waals surface area contributed by atoms with Gasteiger partial charge in [-0.15, -0.1) is 0 Å². The smallest absolute Gasteiger partial charge is 0.131 e. The second kappa shape index (κ2) is 5.68. The average molecular weight is 298 g/mol. The second-order valence-corrected chi connectivity index (χ2v) is 7.81. The monoisotopic (exact) mass is 298 g/mol. The van der Waals surface area contributed by atoms with Gasteiger partial charge in [0.25, 0.3) is 0 Å². The maximum Gasteiger partial charge on any atom is 0.131 e. The minimum absolute atomic E-state index is 0.00644. The fourth-order valence-electron chi connectivity index (χ4n) is 2.31. The van der Waals surface area contributed by atoms with Gasteiger partial charge in [-0.05, 0) is 46.7 Å². The van der Waals surface area contributed by atoms with E-state index >= 15 is 0 Å². The molecule has 0 unspecified atom stereocenters. The fourth-order valence-corrected chi connectivity index (χ4v) is 2.31. The molecule has 0 saturated carbocycles. The van der Waals surface area contributed by atoms with Crippen LogP contribution >= 0.6 is 0 Å². The van der Waals surface area contributed by atoms with Gasteiger partial charge in [0, 0.05) is 5.56 Å². The van der Waals surface area contributed by atoms with Crippen LogP contribution in [0, 0.1) is 0 Å². The highest BCUT2D eigenvalue weighted by Crippen LogP contribution is 2.37. The predicted molar refractivity (Wildman–Crippen MR) is 92.0 cm³/mol. The summed E-state index contributed by atoms with van der Waals surface area (Å²) in [7, 11) is 0. The molecule has 0 radical (unpaired) electrons. The van der Waals surface area contributed by atoms with Crippen molar-refractivity contribution in [3.8, 4) is 17.2 Å². The third kappa shape index (κ3) is 3.82. The first kappa shape index (κ1) is 16.4. The van der Waals surface area contributed by atoms with Crippen molar-refractivity contribution in [2.45, 2.75) is 52.4 Å². The molecular weight excluding hydrogens is 272 g/mol. The Morgan fingerprint density at radius 3 is 1.86 bits per heavy atom.